The highest BCUT2D eigenvalue weighted by Gasteiger charge is 2.35. The van der Waals surface area contributed by atoms with Crippen molar-refractivity contribution < 1.29 is 4.55 Å². The van der Waals surface area contributed by atoms with Crippen molar-refractivity contribution in [1.82, 2.24) is 4.31 Å². The molecular weight excluding hydrogens is 230 g/mol. The van der Waals surface area contributed by atoms with E-state index in [2.05, 4.69) is 10.4 Å². The molecule has 0 saturated heterocycles. The Morgan fingerprint density at radius 2 is 1.94 bits per heavy atom. The smallest absolute Gasteiger partial charge is 0.178 e. The van der Waals surface area contributed by atoms with Gasteiger partial charge in [-0.3, -0.25) is 0 Å². The first-order valence-electron chi connectivity index (χ1n) is 6.59. The molecule has 1 aliphatic carbocycles. The third kappa shape index (κ3) is 2.37. The van der Waals surface area contributed by atoms with Gasteiger partial charge in [-0.15, -0.1) is 4.31 Å². The van der Waals surface area contributed by atoms with Gasteiger partial charge in [-0.05, 0) is 24.8 Å². The second kappa shape index (κ2) is 5.01. The Balaban J connectivity index is 1.67. The lowest BCUT2D eigenvalue weighted by atomic mass is 9.89. The molecule has 1 aromatic carbocycles. The third-order valence-corrected chi connectivity index (χ3v) is 5.45. The predicted octanol–water partition coefficient (Wildman–Crippen LogP) is 3.11. The first kappa shape index (κ1) is 11.6. The fourth-order valence-electron chi connectivity index (χ4n) is 2.98. The molecule has 17 heavy (non-hydrogen) atoms. The van der Waals surface area contributed by atoms with E-state index in [1.54, 1.807) is 0 Å². The van der Waals surface area contributed by atoms with E-state index < -0.39 is 11.4 Å². The van der Waals surface area contributed by atoms with E-state index in [0.717, 1.165) is 23.9 Å². The van der Waals surface area contributed by atoms with Crippen LogP contribution in [-0.2, 0) is 17.9 Å². The second-order valence-corrected chi connectivity index (χ2v) is 6.64. The van der Waals surface area contributed by atoms with Crippen LogP contribution in [0.2, 0.25) is 0 Å². The van der Waals surface area contributed by atoms with Crippen molar-refractivity contribution >= 4 is 11.4 Å². The molecular formula is C14H19NOS. The summed E-state index contributed by atoms with van der Waals surface area (Å²) in [7, 11) is 0. The van der Waals surface area contributed by atoms with Gasteiger partial charge in [0.2, 0.25) is 0 Å². The first-order chi connectivity index (χ1) is 8.34. The van der Waals surface area contributed by atoms with Gasteiger partial charge in [-0.25, -0.2) is 0 Å². The molecule has 1 heterocycles. The maximum Gasteiger partial charge on any atom is 0.178 e. The summed E-state index contributed by atoms with van der Waals surface area (Å²) in [5.74, 6) is 0.766. The number of benzene rings is 1. The van der Waals surface area contributed by atoms with Crippen LogP contribution >= 0.6 is 0 Å². The van der Waals surface area contributed by atoms with Crippen LogP contribution in [0.25, 0.3) is 0 Å². The highest BCUT2D eigenvalue weighted by atomic mass is 32.2. The largest absolute Gasteiger partial charge is 0.593 e. The quantitative estimate of drug-likeness (QED) is 0.753. The van der Waals surface area contributed by atoms with Crippen molar-refractivity contribution in [3.05, 3.63) is 29.8 Å². The number of fused-ring (bicyclic) bond motifs is 1. The molecule has 1 saturated carbocycles. The molecule has 0 radical (unpaired) electrons. The van der Waals surface area contributed by atoms with Crippen LogP contribution in [0, 0.1) is 5.92 Å². The Labute approximate surface area is 106 Å². The molecule has 1 unspecified atom stereocenters. The van der Waals surface area contributed by atoms with Crippen LogP contribution in [0.1, 0.15) is 37.7 Å². The van der Waals surface area contributed by atoms with E-state index in [0.29, 0.717) is 0 Å². The van der Waals surface area contributed by atoms with E-state index in [1.165, 1.54) is 37.7 Å². The summed E-state index contributed by atoms with van der Waals surface area (Å²) < 4.78 is 14.5. The summed E-state index contributed by atoms with van der Waals surface area (Å²) in [6, 6.07) is 8.14. The monoisotopic (exact) mass is 249 g/mol. The minimum atomic E-state index is -0.904. The van der Waals surface area contributed by atoms with Crippen molar-refractivity contribution in [3.63, 3.8) is 0 Å². The van der Waals surface area contributed by atoms with Crippen molar-refractivity contribution in [2.75, 3.05) is 6.54 Å². The fourth-order valence-corrected chi connectivity index (χ4v) is 4.42. The van der Waals surface area contributed by atoms with Gasteiger partial charge in [0.1, 0.15) is 0 Å². The zero-order valence-electron chi connectivity index (χ0n) is 10.1. The fraction of sp³-hybridized carbons (Fsp3) is 0.571. The molecule has 2 nitrogen and oxygen atoms in total. The van der Waals surface area contributed by atoms with E-state index >= 15 is 0 Å². The van der Waals surface area contributed by atoms with E-state index in [4.69, 9.17) is 0 Å². The summed E-state index contributed by atoms with van der Waals surface area (Å²) in [5, 5.41) is 0. The second-order valence-electron chi connectivity index (χ2n) is 5.18. The van der Waals surface area contributed by atoms with Gasteiger partial charge in [-0.2, -0.15) is 0 Å². The number of hydrogen-bond acceptors (Lipinski definition) is 2. The maximum absolute atomic E-state index is 12.3. The normalized spacial score (nSPS) is 26.1. The highest BCUT2D eigenvalue weighted by Crippen LogP contribution is 2.33. The summed E-state index contributed by atoms with van der Waals surface area (Å²) in [5.41, 5.74) is 1.25. The average molecular weight is 249 g/mol. The molecule has 1 aromatic rings. The highest BCUT2D eigenvalue weighted by molar-refractivity contribution is 7.89. The molecule has 0 aromatic heterocycles. The van der Waals surface area contributed by atoms with E-state index in [1.807, 2.05) is 18.2 Å². The zero-order chi connectivity index (χ0) is 11.7. The summed E-state index contributed by atoms with van der Waals surface area (Å²) >= 11 is -0.904. The number of rotatable bonds is 2. The molecule has 0 bridgehead atoms. The SMILES string of the molecule is [O-][S+]1c2ccccc2CN1CC1CCCCC1. The summed E-state index contributed by atoms with van der Waals surface area (Å²) in [6.07, 6.45) is 6.75. The van der Waals surface area contributed by atoms with Gasteiger partial charge in [0.25, 0.3) is 0 Å². The van der Waals surface area contributed by atoms with E-state index in [9.17, 15) is 4.55 Å². The molecule has 1 fully saturated rings. The molecule has 0 amide bonds. The molecule has 1 aliphatic heterocycles. The van der Waals surface area contributed by atoms with Gasteiger partial charge in [0.05, 0.1) is 17.9 Å². The Bertz CT molecular complexity index is 390. The Hall–Kier alpha value is -0.510. The molecule has 0 N–H and O–H groups in total. The van der Waals surface area contributed by atoms with Crippen LogP contribution < -0.4 is 0 Å². The topological polar surface area (TPSA) is 26.3 Å². The average Bonchev–Trinajstić information content (AvgIpc) is 2.68. The number of nitrogens with zero attached hydrogens (tertiary/aromatic N) is 1. The predicted molar refractivity (Wildman–Crippen MR) is 69.8 cm³/mol. The Morgan fingerprint density at radius 3 is 2.71 bits per heavy atom. The molecule has 3 rings (SSSR count). The third-order valence-electron chi connectivity index (χ3n) is 3.93. The first-order valence-corrected chi connectivity index (χ1v) is 7.70. The van der Waals surface area contributed by atoms with Crippen LogP contribution in [0.4, 0.5) is 0 Å². The standard InChI is InChI=1S/C14H19NOS/c16-17-14-9-5-4-8-13(14)11-15(17)10-12-6-2-1-3-7-12/h4-5,8-9,12H,1-3,6-7,10-11H2. The van der Waals surface area contributed by atoms with Crippen molar-refractivity contribution in [2.45, 2.75) is 43.5 Å². The number of hydrogen-bond donors (Lipinski definition) is 0. The van der Waals surface area contributed by atoms with Crippen molar-refractivity contribution in [1.29, 1.82) is 0 Å². The van der Waals surface area contributed by atoms with Crippen molar-refractivity contribution in [3.8, 4) is 0 Å². The van der Waals surface area contributed by atoms with Gasteiger partial charge in [0, 0.05) is 12.1 Å². The van der Waals surface area contributed by atoms with Crippen molar-refractivity contribution in [2.24, 2.45) is 5.92 Å². The lowest BCUT2D eigenvalue weighted by Gasteiger charge is -2.25. The van der Waals surface area contributed by atoms with Gasteiger partial charge >= 0.3 is 0 Å². The molecule has 3 heteroatoms. The summed E-state index contributed by atoms with van der Waals surface area (Å²) in [6.45, 7) is 1.89. The van der Waals surface area contributed by atoms with Crippen LogP contribution in [0.15, 0.2) is 29.2 Å². The minimum Gasteiger partial charge on any atom is -0.593 e. The Morgan fingerprint density at radius 1 is 1.18 bits per heavy atom. The van der Waals surface area contributed by atoms with Gasteiger partial charge in [-0.1, -0.05) is 37.5 Å². The zero-order valence-corrected chi connectivity index (χ0v) is 10.9. The van der Waals surface area contributed by atoms with Crippen LogP contribution in [-0.4, -0.2) is 15.4 Å². The maximum atomic E-state index is 12.3. The van der Waals surface area contributed by atoms with Gasteiger partial charge in [0.15, 0.2) is 4.90 Å². The van der Waals surface area contributed by atoms with Gasteiger partial charge < -0.3 is 4.55 Å². The Kier molecular flexibility index (Phi) is 3.41. The van der Waals surface area contributed by atoms with Crippen LogP contribution in [0.5, 0.6) is 0 Å². The van der Waals surface area contributed by atoms with E-state index in [-0.39, 0.29) is 0 Å². The van der Waals surface area contributed by atoms with Crippen LogP contribution in [0.3, 0.4) is 0 Å². The molecule has 92 valence electrons. The lowest BCUT2D eigenvalue weighted by Crippen LogP contribution is -2.31. The minimum absolute atomic E-state index is 0.766. The summed E-state index contributed by atoms with van der Waals surface area (Å²) in [4.78, 5) is 1.03. The molecule has 2 aliphatic rings. The molecule has 0 spiro atoms. The molecule has 1 atom stereocenters. The lowest BCUT2D eigenvalue weighted by molar-refractivity contribution is 0.281.